The third kappa shape index (κ3) is 4.20. The van der Waals surface area contributed by atoms with Crippen LogP contribution in [0.4, 0.5) is 0 Å². The number of hydrogen-bond acceptors (Lipinski definition) is 4. The zero-order valence-corrected chi connectivity index (χ0v) is 15.8. The molecule has 1 saturated heterocycles. The van der Waals surface area contributed by atoms with Crippen LogP contribution in [0.2, 0.25) is 5.02 Å². The highest BCUT2D eigenvalue weighted by Crippen LogP contribution is 2.26. The molecule has 2 aromatic rings. The number of halogens is 1. The van der Waals surface area contributed by atoms with Gasteiger partial charge in [-0.3, -0.25) is 4.98 Å². The lowest BCUT2D eigenvalue weighted by Crippen LogP contribution is -2.49. The quantitative estimate of drug-likeness (QED) is 0.801. The summed E-state index contributed by atoms with van der Waals surface area (Å²) in [6.45, 7) is 5.09. The molecule has 1 aliphatic rings. The van der Waals surface area contributed by atoms with E-state index in [0.717, 1.165) is 31.7 Å². The Labute approximate surface area is 154 Å². The molecule has 7 heteroatoms. The maximum absolute atomic E-state index is 12.9. The van der Waals surface area contributed by atoms with Crippen LogP contribution < -0.4 is 0 Å². The van der Waals surface area contributed by atoms with Crippen LogP contribution in [0.15, 0.2) is 47.5 Å². The highest BCUT2D eigenvalue weighted by Gasteiger charge is 2.29. The van der Waals surface area contributed by atoms with Gasteiger partial charge in [0.15, 0.2) is 0 Å². The van der Waals surface area contributed by atoms with Crippen LogP contribution in [0.1, 0.15) is 11.3 Å². The Bertz CT molecular complexity index is 819. The molecule has 0 unspecified atom stereocenters. The molecule has 5 nitrogen and oxygen atoms in total. The number of rotatable bonds is 5. The van der Waals surface area contributed by atoms with Crippen molar-refractivity contribution in [2.45, 2.75) is 18.2 Å². The maximum Gasteiger partial charge on any atom is 0.243 e. The largest absolute Gasteiger partial charge is 0.300 e. The molecule has 0 spiro atoms. The summed E-state index contributed by atoms with van der Waals surface area (Å²) in [5.41, 5.74) is 1.67. The average molecular weight is 380 g/mol. The van der Waals surface area contributed by atoms with Crippen LogP contribution in [-0.4, -0.2) is 55.3 Å². The monoisotopic (exact) mass is 379 g/mol. The van der Waals surface area contributed by atoms with Crippen molar-refractivity contribution in [3.8, 4) is 0 Å². The minimum atomic E-state index is -3.50. The van der Waals surface area contributed by atoms with Gasteiger partial charge in [0.05, 0.1) is 4.90 Å². The molecule has 1 fully saturated rings. The van der Waals surface area contributed by atoms with E-state index in [2.05, 4.69) is 9.88 Å². The topological polar surface area (TPSA) is 53.5 Å². The average Bonchev–Trinajstić information content (AvgIpc) is 2.63. The van der Waals surface area contributed by atoms with E-state index in [1.165, 1.54) is 0 Å². The molecule has 0 atom stereocenters. The lowest BCUT2D eigenvalue weighted by Gasteiger charge is -2.34. The molecule has 0 bridgehead atoms. The van der Waals surface area contributed by atoms with Gasteiger partial charge in [-0.05, 0) is 36.8 Å². The maximum atomic E-state index is 12.9. The number of nitrogens with zero attached hydrogens (tertiary/aromatic N) is 3. The van der Waals surface area contributed by atoms with E-state index < -0.39 is 10.0 Å². The zero-order valence-electron chi connectivity index (χ0n) is 14.2. The van der Waals surface area contributed by atoms with Gasteiger partial charge in [0.2, 0.25) is 10.0 Å². The van der Waals surface area contributed by atoms with Crippen LogP contribution in [-0.2, 0) is 16.4 Å². The van der Waals surface area contributed by atoms with Gasteiger partial charge in [0, 0.05) is 56.1 Å². The fourth-order valence-electron chi connectivity index (χ4n) is 3.02. The van der Waals surface area contributed by atoms with Crippen LogP contribution >= 0.6 is 11.6 Å². The Morgan fingerprint density at radius 3 is 2.52 bits per heavy atom. The summed E-state index contributed by atoms with van der Waals surface area (Å²) in [6.07, 6.45) is 2.67. The first-order chi connectivity index (χ1) is 12.0. The van der Waals surface area contributed by atoms with Crippen molar-refractivity contribution in [1.82, 2.24) is 14.2 Å². The third-order valence-electron chi connectivity index (χ3n) is 4.58. The zero-order chi connectivity index (χ0) is 17.9. The van der Waals surface area contributed by atoms with Gasteiger partial charge in [0.1, 0.15) is 0 Å². The number of pyridine rings is 1. The normalized spacial score (nSPS) is 16.9. The molecule has 1 aromatic heterocycles. The van der Waals surface area contributed by atoms with E-state index in [9.17, 15) is 8.42 Å². The van der Waals surface area contributed by atoms with Crippen molar-refractivity contribution in [2.75, 3.05) is 32.7 Å². The van der Waals surface area contributed by atoms with E-state index in [-0.39, 0.29) is 0 Å². The molecule has 3 rings (SSSR count). The highest BCUT2D eigenvalue weighted by molar-refractivity contribution is 7.89. The van der Waals surface area contributed by atoms with Gasteiger partial charge in [-0.1, -0.05) is 23.7 Å². The number of hydrogen-bond donors (Lipinski definition) is 0. The number of piperazine rings is 1. The molecule has 134 valence electrons. The summed E-state index contributed by atoms with van der Waals surface area (Å²) < 4.78 is 27.3. The van der Waals surface area contributed by atoms with Gasteiger partial charge in [-0.15, -0.1) is 0 Å². The molecule has 0 amide bonds. The van der Waals surface area contributed by atoms with Crippen molar-refractivity contribution in [2.24, 2.45) is 0 Å². The summed E-state index contributed by atoms with van der Waals surface area (Å²) in [7, 11) is -3.50. The van der Waals surface area contributed by atoms with E-state index in [0.29, 0.717) is 28.6 Å². The van der Waals surface area contributed by atoms with E-state index in [4.69, 9.17) is 11.6 Å². The lowest BCUT2D eigenvalue weighted by molar-refractivity contribution is 0.189. The fraction of sp³-hybridized carbons (Fsp3) is 0.389. The van der Waals surface area contributed by atoms with Gasteiger partial charge in [-0.25, -0.2) is 8.42 Å². The second kappa shape index (κ2) is 7.83. The van der Waals surface area contributed by atoms with Crippen molar-refractivity contribution < 1.29 is 8.42 Å². The van der Waals surface area contributed by atoms with E-state index in [1.54, 1.807) is 35.6 Å². The standard InChI is InChI=1S/C18H22ClN3O2S/c1-15-17(19)6-4-7-18(15)25(23,24)22-13-11-21(12-14-22)10-8-16-5-2-3-9-20-16/h2-7,9H,8,10-14H2,1H3. The molecule has 0 radical (unpaired) electrons. The first kappa shape index (κ1) is 18.3. The van der Waals surface area contributed by atoms with Gasteiger partial charge in [0.25, 0.3) is 0 Å². The summed E-state index contributed by atoms with van der Waals surface area (Å²) >= 11 is 6.08. The second-order valence-corrected chi connectivity index (χ2v) is 8.49. The Balaban J connectivity index is 1.61. The Morgan fingerprint density at radius 2 is 1.84 bits per heavy atom. The van der Waals surface area contributed by atoms with Crippen LogP contribution in [0.3, 0.4) is 0 Å². The van der Waals surface area contributed by atoms with Crippen molar-refractivity contribution in [3.63, 3.8) is 0 Å². The number of sulfonamides is 1. The van der Waals surface area contributed by atoms with E-state index in [1.807, 2.05) is 18.2 Å². The van der Waals surface area contributed by atoms with Crippen LogP contribution in [0.5, 0.6) is 0 Å². The second-order valence-electron chi connectivity index (χ2n) is 6.18. The molecule has 2 heterocycles. The van der Waals surface area contributed by atoms with Crippen molar-refractivity contribution in [1.29, 1.82) is 0 Å². The minimum absolute atomic E-state index is 0.307. The third-order valence-corrected chi connectivity index (χ3v) is 7.03. The summed E-state index contributed by atoms with van der Waals surface area (Å²) in [5.74, 6) is 0. The molecule has 0 aliphatic carbocycles. The van der Waals surface area contributed by atoms with Crippen molar-refractivity contribution >= 4 is 21.6 Å². The Kier molecular flexibility index (Phi) is 5.74. The smallest absolute Gasteiger partial charge is 0.243 e. The molecular weight excluding hydrogens is 358 g/mol. The number of benzene rings is 1. The van der Waals surface area contributed by atoms with Crippen molar-refractivity contribution in [3.05, 3.63) is 58.9 Å². The molecule has 0 saturated carbocycles. The Morgan fingerprint density at radius 1 is 1.08 bits per heavy atom. The fourth-order valence-corrected chi connectivity index (χ4v) is 4.92. The molecule has 1 aromatic carbocycles. The van der Waals surface area contributed by atoms with Gasteiger partial charge in [-0.2, -0.15) is 4.31 Å². The highest BCUT2D eigenvalue weighted by atomic mass is 35.5. The molecule has 25 heavy (non-hydrogen) atoms. The number of aromatic nitrogens is 1. The predicted octanol–water partition coefficient (Wildman–Crippen LogP) is 2.59. The van der Waals surface area contributed by atoms with E-state index >= 15 is 0 Å². The summed E-state index contributed by atoms with van der Waals surface area (Å²) in [5, 5.41) is 0.482. The first-order valence-electron chi connectivity index (χ1n) is 8.36. The first-order valence-corrected chi connectivity index (χ1v) is 10.2. The predicted molar refractivity (Wildman–Crippen MR) is 99.3 cm³/mol. The minimum Gasteiger partial charge on any atom is -0.300 e. The van der Waals surface area contributed by atoms with Gasteiger partial charge >= 0.3 is 0 Å². The van der Waals surface area contributed by atoms with Crippen LogP contribution in [0, 0.1) is 6.92 Å². The molecule has 1 aliphatic heterocycles. The summed E-state index contributed by atoms with van der Waals surface area (Å²) in [4.78, 5) is 6.92. The molecular formula is C18H22ClN3O2S. The SMILES string of the molecule is Cc1c(Cl)cccc1S(=O)(=O)N1CCN(CCc2ccccn2)CC1. The summed E-state index contributed by atoms with van der Waals surface area (Å²) in [6, 6.07) is 10.9. The lowest BCUT2D eigenvalue weighted by atomic mass is 10.2. The van der Waals surface area contributed by atoms with Gasteiger partial charge < -0.3 is 4.90 Å². The van der Waals surface area contributed by atoms with Crippen LogP contribution in [0.25, 0.3) is 0 Å². The Hall–Kier alpha value is -1.47. The molecule has 0 N–H and O–H groups in total.